The molecule has 1 aromatic carbocycles. The van der Waals surface area contributed by atoms with Crippen molar-refractivity contribution in [2.45, 2.75) is 40.2 Å². The van der Waals surface area contributed by atoms with E-state index in [4.69, 9.17) is 0 Å². The zero-order valence-electron chi connectivity index (χ0n) is 14.1. The molecule has 0 aliphatic rings. The molecule has 0 aromatic heterocycles. The molecule has 0 bridgehead atoms. The summed E-state index contributed by atoms with van der Waals surface area (Å²) < 4.78 is 0. The van der Waals surface area contributed by atoms with Crippen molar-refractivity contribution in [3.05, 3.63) is 41.5 Å². The summed E-state index contributed by atoms with van der Waals surface area (Å²) in [5.41, 5.74) is 1.85. The van der Waals surface area contributed by atoms with Crippen molar-refractivity contribution < 1.29 is 9.59 Å². The number of benzene rings is 1. The quantitative estimate of drug-likeness (QED) is 0.850. The number of likely N-dealkylation sites (N-methyl/N-ethyl adjacent to an activating group) is 1. The number of amides is 2. The zero-order chi connectivity index (χ0) is 16.8. The SMILES string of the molecule is CCN(CC(=O)NC(C)(C)C)C(=O)/C=C/c1ccc(C)cc1. The van der Waals surface area contributed by atoms with Gasteiger partial charge in [-0.3, -0.25) is 9.59 Å². The molecule has 0 saturated carbocycles. The van der Waals surface area contributed by atoms with E-state index < -0.39 is 0 Å². The number of carbonyl (C=O) groups is 2. The summed E-state index contributed by atoms with van der Waals surface area (Å²) in [4.78, 5) is 25.6. The van der Waals surface area contributed by atoms with Gasteiger partial charge in [0.15, 0.2) is 0 Å². The molecular weight excluding hydrogens is 276 g/mol. The Bertz CT molecular complexity index is 539. The number of aryl methyl sites for hydroxylation is 1. The molecule has 0 unspecified atom stereocenters. The second kappa shape index (κ2) is 7.78. The van der Waals surface area contributed by atoms with Crippen LogP contribution in [0, 0.1) is 6.92 Å². The van der Waals surface area contributed by atoms with Crippen molar-refractivity contribution in [1.29, 1.82) is 0 Å². The van der Waals surface area contributed by atoms with Gasteiger partial charge in [-0.05, 0) is 46.3 Å². The van der Waals surface area contributed by atoms with Gasteiger partial charge in [0, 0.05) is 18.2 Å². The Morgan fingerprint density at radius 3 is 2.27 bits per heavy atom. The van der Waals surface area contributed by atoms with Crippen molar-refractivity contribution in [3.63, 3.8) is 0 Å². The largest absolute Gasteiger partial charge is 0.350 e. The van der Waals surface area contributed by atoms with Crippen LogP contribution in [-0.4, -0.2) is 35.3 Å². The Morgan fingerprint density at radius 2 is 1.77 bits per heavy atom. The van der Waals surface area contributed by atoms with Gasteiger partial charge in [0.25, 0.3) is 0 Å². The summed E-state index contributed by atoms with van der Waals surface area (Å²) in [6.45, 7) is 10.2. The topological polar surface area (TPSA) is 49.4 Å². The monoisotopic (exact) mass is 302 g/mol. The summed E-state index contributed by atoms with van der Waals surface area (Å²) in [6.07, 6.45) is 3.28. The van der Waals surface area contributed by atoms with Crippen LogP contribution in [0.2, 0.25) is 0 Å². The molecular formula is C18H26N2O2. The maximum Gasteiger partial charge on any atom is 0.247 e. The molecule has 0 saturated heterocycles. The molecule has 2 amide bonds. The van der Waals surface area contributed by atoms with Crippen molar-refractivity contribution in [2.24, 2.45) is 0 Å². The molecule has 22 heavy (non-hydrogen) atoms. The molecule has 0 radical (unpaired) electrons. The number of rotatable bonds is 5. The van der Waals surface area contributed by atoms with E-state index in [1.54, 1.807) is 6.08 Å². The van der Waals surface area contributed by atoms with Crippen LogP contribution < -0.4 is 5.32 Å². The molecule has 0 aliphatic carbocycles. The molecule has 1 rings (SSSR count). The van der Waals surface area contributed by atoms with Gasteiger partial charge in [-0.15, -0.1) is 0 Å². The Morgan fingerprint density at radius 1 is 1.18 bits per heavy atom. The maximum atomic E-state index is 12.2. The third-order valence-corrected chi connectivity index (χ3v) is 3.04. The van der Waals surface area contributed by atoms with E-state index in [-0.39, 0.29) is 23.9 Å². The predicted octanol–water partition coefficient (Wildman–Crippen LogP) is 2.77. The van der Waals surface area contributed by atoms with Gasteiger partial charge in [0.1, 0.15) is 0 Å². The van der Waals surface area contributed by atoms with E-state index in [0.29, 0.717) is 6.54 Å². The fraction of sp³-hybridized carbons (Fsp3) is 0.444. The molecule has 1 aromatic rings. The van der Waals surface area contributed by atoms with Crippen LogP contribution >= 0.6 is 0 Å². The first-order valence-electron chi connectivity index (χ1n) is 7.56. The molecule has 120 valence electrons. The lowest BCUT2D eigenvalue weighted by Crippen LogP contribution is -2.47. The first kappa shape index (κ1) is 18.0. The van der Waals surface area contributed by atoms with E-state index in [0.717, 1.165) is 5.56 Å². The first-order valence-corrected chi connectivity index (χ1v) is 7.56. The summed E-state index contributed by atoms with van der Waals surface area (Å²) >= 11 is 0. The lowest BCUT2D eigenvalue weighted by Gasteiger charge is -2.24. The predicted molar refractivity (Wildman–Crippen MR) is 90.4 cm³/mol. The maximum absolute atomic E-state index is 12.2. The first-order chi connectivity index (χ1) is 10.2. The summed E-state index contributed by atoms with van der Waals surface area (Å²) in [7, 11) is 0. The molecule has 0 heterocycles. The van der Waals surface area contributed by atoms with Gasteiger partial charge >= 0.3 is 0 Å². The summed E-state index contributed by atoms with van der Waals surface area (Å²) in [5, 5.41) is 2.86. The van der Waals surface area contributed by atoms with E-state index in [1.165, 1.54) is 16.5 Å². The molecule has 4 heteroatoms. The minimum absolute atomic E-state index is 0.0742. The van der Waals surface area contributed by atoms with E-state index in [9.17, 15) is 9.59 Å². The standard InChI is InChI=1S/C18H26N2O2/c1-6-20(13-16(21)19-18(3,4)5)17(22)12-11-15-9-7-14(2)8-10-15/h7-12H,6,13H2,1-5H3,(H,19,21)/b12-11+. The lowest BCUT2D eigenvalue weighted by atomic mass is 10.1. The average Bonchev–Trinajstić information content (AvgIpc) is 2.42. The Hall–Kier alpha value is -2.10. The molecule has 0 spiro atoms. The Balaban J connectivity index is 2.64. The third-order valence-electron chi connectivity index (χ3n) is 3.04. The molecule has 4 nitrogen and oxygen atoms in total. The highest BCUT2D eigenvalue weighted by Crippen LogP contribution is 2.06. The summed E-state index contributed by atoms with van der Waals surface area (Å²) in [5.74, 6) is -0.307. The second-order valence-electron chi connectivity index (χ2n) is 6.39. The van der Waals surface area contributed by atoms with Crippen LogP contribution in [0.3, 0.4) is 0 Å². The Labute approximate surface area is 133 Å². The van der Waals surface area contributed by atoms with E-state index >= 15 is 0 Å². The van der Waals surface area contributed by atoms with Crippen LogP contribution in [0.1, 0.15) is 38.8 Å². The number of nitrogens with one attached hydrogen (secondary N) is 1. The summed E-state index contributed by atoms with van der Waals surface area (Å²) in [6, 6.07) is 7.92. The lowest BCUT2D eigenvalue weighted by molar-refractivity contribution is -0.132. The third kappa shape index (κ3) is 6.57. The van der Waals surface area contributed by atoms with Crippen molar-refractivity contribution in [2.75, 3.05) is 13.1 Å². The zero-order valence-corrected chi connectivity index (χ0v) is 14.1. The second-order valence-corrected chi connectivity index (χ2v) is 6.39. The molecule has 0 atom stereocenters. The fourth-order valence-corrected chi connectivity index (χ4v) is 1.93. The molecule has 0 fully saturated rings. The van der Waals surface area contributed by atoms with Gasteiger partial charge in [-0.1, -0.05) is 29.8 Å². The smallest absolute Gasteiger partial charge is 0.247 e. The average molecular weight is 302 g/mol. The van der Waals surface area contributed by atoms with Crippen LogP contribution in [0.4, 0.5) is 0 Å². The van der Waals surface area contributed by atoms with E-state index in [1.807, 2.05) is 58.9 Å². The molecule has 0 aliphatic heterocycles. The number of carbonyl (C=O) groups excluding carboxylic acids is 2. The fourth-order valence-electron chi connectivity index (χ4n) is 1.93. The van der Waals surface area contributed by atoms with Gasteiger partial charge in [0.2, 0.25) is 11.8 Å². The molecule has 1 N–H and O–H groups in total. The van der Waals surface area contributed by atoms with Crippen molar-refractivity contribution in [3.8, 4) is 0 Å². The highest BCUT2D eigenvalue weighted by molar-refractivity contribution is 5.94. The van der Waals surface area contributed by atoms with Crippen molar-refractivity contribution in [1.82, 2.24) is 10.2 Å². The van der Waals surface area contributed by atoms with Crippen LogP contribution in [0.25, 0.3) is 6.08 Å². The normalized spacial score (nSPS) is 11.5. The Kier molecular flexibility index (Phi) is 6.35. The highest BCUT2D eigenvalue weighted by atomic mass is 16.2. The van der Waals surface area contributed by atoms with Crippen molar-refractivity contribution >= 4 is 17.9 Å². The number of hydrogen-bond acceptors (Lipinski definition) is 2. The van der Waals surface area contributed by atoms with Gasteiger partial charge in [0.05, 0.1) is 6.54 Å². The number of hydrogen-bond donors (Lipinski definition) is 1. The van der Waals surface area contributed by atoms with Crippen LogP contribution in [0.15, 0.2) is 30.3 Å². The highest BCUT2D eigenvalue weighted by Gasteiger charge is 2.17. The van der Waals surface area contributed by atoms with Crippen LogP contribution in [0.5, 0.6) is 0 Å². The van der Waals surface area contributed by atoms with Gasteiger partial charge in [-0.25, -0.2) is 0 Å². The van der Waals surface area contributed by atoms with Gasteiger partial charge < -0.3 is 10.2 Å². The van der Waals surface area contributed by atoms with Crippen LogP contribution in [-0.2, 0) is 9.59 Å². The minimum Gasteiger partial charge on any atom is -0.350 e. The number of nitrogens with zero attached hydrogens (tertiary/aromatic N) is 1. The van der Waals surface area contributed by atoms with Gasteiger partial charge in [-0.2, -0.15) is 0 Å². The minimum atomic E-state index is -0.294. The van der Waals surface area contributed by atoms with E-state index in [2.05, 4.69) is 5.32 Å².